The quantitative estimate of drug-likeness (QED) is 0.285. The van der Waals surface area contributed by atoms with E-state index in [1.165, 1.54) is 18.4 Å². The molecule has 0 unspecified atom stereocenters. The Bertz CT molecular complexity index is 440. The van der Waals surface area contributed by atoms with E-state index in [-0.39, 0.29) is 25.4 Å². The molecule has 5 nitrogen and oxygen atoms in total. The van der Waals surface area contributed by atoms with Crippen LogP contribution in [-0.4, -0.2) is 35.2 Å². The third-order valence-electron chi connectivity index (χ3n) is 4.23. The van der Waals surface area contributed by atoms with Gasteiger partial charge in [-0.2, -0.15) is 0 Å². The number of carboxylic acid groups (broad SMARTS) is 1. The number of nitrogens with one attached hydrogen (secondary N) is 1. The van der Waals surface area contributed by atoms with Crippen molar-refractivity contribution < 1.29 is 19.8 Å². The molecule has 0 aromatic heterocycles. The van der Waals surface area contributed by atoms with Crippen LogP contribution < -0.4 is 5.32 Å². The lowest BCUT2D eigenvalue weighted by atomic mass is 9.93. The molecule has 0 heterocycles. The van der Waals surface area contributed by atoms with Crippen LogP contribution in [0.15, 0.2) is 37.0 Å². The lowest BCUT2D eigenvalue weighted by Crippen LogP contribution is -2.24. The zero-order valence-corrected chi connectivity index (χ0v) is 17.2. The van der Waals surface area contributed by atoms with E-state index < -0.39 is 5.97 Å². The minimum Gasteiger partial charge on any atom is -0.481 e. The fourth-order valence-electron chi connectivity index (χ4n) is 2.62. The molecule has 0 spiro atoms. The normalized spacial score (nSPS) is 10.7. The van der Waals surface area contributed by atoms with Crippen molar-refractivity contribution in [2.24, 2.45) is 5.92 Å². The van der Waals surface area contributed by atoms with Crippen LogP contribution in [0.4, 0.5) is 0 Å². The molecule has 0 aromatic rings. The van der Waals surface area contributed by atoms with Crippen molar-refractivity contribution in [3.63, 3.8) is 0 Å². The van der Waals surface area contributed by atoms with Crippen molar-refractivity contribution in [1.29, 1.82) is 0 Å². The van der Waals surface area contributed by atoms with E-state index in [9.17, 15) is 9.59 Å². The van der Waals surface area contributed by atoms with Crippen LogP contribution in [0.2, 0.25) is 0 Å². The first-order valence-electron chi connectivity index (χ1n) is 10.0. The second-order valence-electron chi connectivity index (χ2n) is 6.35. The summed E-state index contributed by atoms with van der Waals surface area (Å²) in [7, 11) is 0. The Morgan fingerprint density at radius 3 is 2.07 bits per heavy atom. The maximum atomic E-state index is 10.9. The van der Waals surface area contributed by atoms with Crippen LogP contribution in [0.1, 0.15) is 71.6 Å². The molecule has 0 fully saturated rings. The number of unbranched alkanes of at least 4 members (excludes halogenated alkanes) is 4. The molecular formula is C22H39NO4. The van der Waals surface area contributed by atoms with E-state index in [1.807, 2.05) is 18.2 Å². The number of rotatable bonds is 15. The topological polar surface area (TPSA) is 86.6 Å². The Morgan fingerprint density at radius 1 is 1.00 bits per heavy atom. The number of carboxylic acids is 1. The standard InChI is InChI=1S/C11H21NO4.C11H18/c13-9-7-10(14)12-8-5-3-1-2-4-6-11(15)16;1-5-9-11(8-4)10(6-2)7-3/h13H,1-9H2,(H,12,14)(H,15,16);5,8-10H,1,4,6-7H2,2-3H3/b;11-9+. The van der Waals surface area contributed by atoms with Crippen molar-refractivity contribution in [2.45, 2.75) is 71.6 Å². The number of aliphatic carboxylic acids is 1. The van der Waals surface area contributed by atoms with Crippen molar-refractivity contribution in [2.75, 3.05) is 13.2 Å². The van der Waals surface area contributed by atoms with Gasteiger partial charge in [0, 0.05) is 19.4 Å². The summed E-state index contributed by atoms with van der Waals surface area (Å²) in [6.45, 7) is 12.4. The predicted octanol–water partition coefficient (Wildman–Crippen LogP) is 4.63. The molecule has 0 atom stereocenters. The molecule has 5 heteroatoms. The maximum absolute atomic E-state index is 10.9. The molecule has 156 valence electrons. The number of allylic oxidation sites excluding steroid dienone is 4. The fourth-order valence-corrected chi connectivity index (χ4v) is 2.62. The molecule has 0 rings (SSSR count). The summed E-state index contributed by atoms with van der Waals surface area (Å²) in [4.78, 5) is 21.1. The second-order valence-corrected chi connectivity index (χ2v) is 6.35. The summed E-state index contributed by atoms with van der Waals surface area (Å²) in [5.41, 5.74) is 1.31. The van der Waals surface area contributed by atoms with Crippen LogP contribution in [0.3, 0.4) is 0 Å². The molecule has 0 aliphatic rings. The van der Waals surface area contributed by atoms with Gasteiger partial charge in [-0.15, -0.1) is 0 Å². The van der Waals surface area contributed by atoms with Crippen molar-refractivity contribution in [3.8, 4) is 0 Å². The summed E-state index contributed by atoms with van der Waals surface area (Å²) < 4.78 is 0. The minimum atomic E-state index is -0.740. The number of carbonyl (C=O) groups is 2. The largest absolute Gasteiger partial charge is 0.481 e. The number of aliphatic hydroxyl groups excluding tert-OH is 1. The number of hydrogen-bond acceptors (Lipinski definition) is 3. The zero-order chi connectivity index (χ0) is 20.9. The van der Waals surface area contributed by atoms with Crippen LogP contribution >= 0.6 is 0 Å². The van der Waals surface area contributed by atoms with E-state index in [4.69, 9.17) is 10.2 Å². The Morgan fingerprint density at radius 2 is 1.59 bits per heavy atom. The highest BCUT2D eigenvalue weighted by Gasteiger charge is 2.04. The van der Waals surface area contributed by atoms with Gasteiger partial charge < -0.3 is 15.5 Å². The maximum Gasteiger partial charge on any atom is 0.303 e. The first-order chi connectivity index (χ1) is 13.0. The van der Waals surface area contributed by atoms with E-state index in [1.54, 1.807) is 0 Å². The average Bonchev–Trinajstić information content (AvgIpc) is 2.64. The smallest absolute Gasteiger partial charge is 0.303 e. The molecule has 0 bridgehead atoms. The molecular weight excluding hydrogens is 342 g/mol. The molecule has 0 aliphatic heterocycles. The van der Waals surface area contributed by atoms with Gasteiger partial charge in [0.2, 0.25) is 5.91 Å². The molecule has 0 saturated heterocycles. The minimum absolute atomic E-state index is 0.110. The summed E-state index contributed by atoms with van der Waals surface area (Å²) in [5.74, 6) is -0.199. The highest BCUT2D eigenvalue weighted by molar-refractivity contribution is 5.75. The molecule has 0 aromatic carbocycles. The van der Waals surface area contributed by atoms with Crippen LogP contribution in [0.5, 0.6) is 0 Å². The van der Waals surface area contributed by atoms with Crippen molar-refractivity contribution in [3.05, 3.63) is 37.0 Å². The van der Waals surface area contributed by atoms with Gasteiger partial charge in [0.15, 0.2) is 0 Å². The Labute approximate surface area is 165 Å². The number of hydrogen-bond donors (Lipinski definition) is 3. The van der Waals surface area contributed by atoms with Crippen molar-refractivity contribution >= 4 is 11.9 Å². The van der Waals surface area contributed by atoms with Crippen LogP contribution in [0, 0.1) is 5.92 Å². The lowest BCUT2D eigenvalue weighted by Gasteiger charge is -2.12. The first-order valence-corrected chi connectivity index (χ1v) is 10.0. The number of amides is 1. The zero-order valence-electron chi connectivity index (χ0n) is 17.2. The second kappa shape index (κ2) is 20.4. The van der Waals surface area contributed by atoms with Gasteiger partial charge in [-0.25, -0.2) is 0 Å². The van der Waals surface area contributed by atoms with Gasteiger partial charge in [0.1, 0.15) is 0 Å². The predicted molar refractivity (Wildman–Crippen MR) is 113 cm³/mol. The Balaban J connectivity index is 0. The average molecular weight is 382 g/mol. The van der Waals surface area contributed by atoms with Gasteiger partial charge in [-0.3, -0.25) is 9.59 Å². The number of aliphatic hydroxyl groups is 1. The highest BCUT2D eigenvalue weighted by atomic mass is 16.4. The fraction of sp³-hybridized carbons (Fsp3) is 0.636. The molecule has 0 aliphatic carbocycles. The van der Waals surface area contributed by atoms with Gasteiger partial charge in [-0.05, 0) is 37.2 Å². The van der Waals surface area contributed by atoms with Gasteiger partial charge in [0.05, 0.1) is 6.61 Å². The Hall–Kier alpha value is -1.88. The van der Waals surface area contributed by atoms with Crippen LogP contribution in [0.25, 0.3) is 0 Å². The van der Waals surface area contributed by atoms with E-state index >= 15 is 0 Å². The molecule has 1 amide bonds. The Kier molecular flexibility index (Phi) is 20.7. The summed E-state index contributed by atoms with van der Waals surface area (Å²) in [5, 5.41) is 19.6. The van der Waals surface area contributed by atoms with E-state index in [0.717, 1.165) is 32.1 Å². The highest BCUT2D eigenvalue weighted by Crippen LogP contribution is 2.19. The number of carbonyl (C=O) groups excluding carboxylic acids is 1. The monoisotopic (exact) mass is 381 g/mol. The van der Waals surface area contributed by atoms with Gasteiger partial charge in [-0.1, -0.05) is 64.5 Å². The summed E-state index contributed by atoms with van der Waals surface area (Å²) in [6.07, 6.45) is 13.1. The van der Waals surface area contributed by atoms with E-state index in [2.05, 4.69) is 32.3 Å². The SMILES string of the molecule is C=C/C=C(\C=C)C(CC)CC.O=C(O)CCCCCCCNC(=O)CCO. The van der Waals surface area contributed by atoms with Crippen LogP contribution in [-0.2, 0) is 9.59 Å². The molecule has 0 radical (unpaired) electrons. The van der Waals surface area contributed by atoms with Gasteiger partial charge >= 0.3 is 5.97 Å². The van der Waals surface area contributed by atoms with E-state index in [0.29, 0.717) is 12.5 Å². The summed E-state index contributed by atoms with van der Waals surface area (Å²) in [6, 6.07) is 0. The van der Waals surface area contributed by atoms with Gasteiger partial charge in [0.25, 0.3) is 0 Å². The molecule has 3 N–H and O–H groups in total. The molecule has 0 saturated carbocycles. The third-order valence-corrected chi connectivity index (χ3v) is 4.23. The summed E-state index contributed by atoms with van der Waals surface area (Å²) >= 11 is 0. The third kappa shape index (κ3) is 18.7. The lowest BCUT2D eigenvalue weighted by molar-refractivity contribution is -0.137. The molecule has 27 heavy (non-hydrogen) atoms. The van der Waals surface area contributed by atoms with Crippen molar-refractivity contribution in [1.82, 2.24) is 5.32 Å². The first kappa shape index (κ1) is 27.3.